The van der Waals surface area contributed by atoms with Crippen molar-refractivity contribution in [2.75, 3.05) is 26.2 Å². The number of thioether (sulfide) groups is 1. The minimum Gasteiger partial charge on any atom is -0.503 e. The van der Waals surface area contributed by atoms with Crippen LogP contribution in [-0.2, 0) is 9.59 Å². The van der Waals surface area contributed by atoms with Gasteiger partial charge in [-0.2, -0.15) is 0 Å². The van der Waals surface area contributed by atoms with E-state index in [1.165, 1.54) is 18.2 Å². The van der Waals surface area contributed by atoms with E-state index in [0.717, 1.165) is 16.7 Å². The van der Waals surface area contributed by atoms with E-state index in [0.29, 0.717) is 25.3 Å². The van der Waals surface area contributed by atoms with Crippen LogP contribution in [0.3, 0.4) is 0 Å². The predicted molar refractivity (Wildman–Crippen MR) is 105 cm³/mol. The summed E-state index contributed by atoms with van der Waals surface area (Å²) in [6, 6.07) is 2.99. The molecule has 7 nitrogen and oxygen atoms in total. The number of hydrogen-bond donors (Lipinski definition) is 1. The summed E-state index contributed by atoms with van der Waals surface area (Å²) in [5.74, 6) is -0.816. The molecular formula is C18H21ClN2O5S. The number of imide groups is 1. The molecule has 0 unspecified atom stereocenters. The van der Waals surface area contributed by atoms with Crippen LogP contribution >= 0.6 is 23.4 Å². The Morgan fingerprint density at radius 2 is 1.96 bits per heavy atom. The molecule has 1 saturated heterocycles. The molecule has 9 heteroatoms. The minimum atomic E-state index is -0.535. The monoisotopic (exact) mass is 412 g/mol. The highest BCUT2D eigenvalue weighted by atomic mass is 35.5. The van der Waals surface area contributed by atoms with Gasteiger partial charge in [0.1, 0.15) is 6.54 Å². The second-order valence-corrected chi connectivity index (χ2v) is 7.02. The van der Waals surface area contributed by atoms with Gasteiger partial charge in [0.15, 0.2) is 11.5 Å². The number of rotatable bonds is 7. The van der Waals surface area contributed by atoms with E-state index in [9.17, 15) is 19.5 Å². The van der Waals surface area contributed by atoms with Crippen LogP contribution in [0.15, 0.2) is 17.0 Å². The summed E-state index contributed by atoms with van der Waals surface area (Å²) in [6.45, 7) is 6.49. The Bertz CT molecular complexity index is 792. The zero-order valence-electron chi connectivity index (χ0n) is 15.3. The van der Waals surface area contributed by atoms with Gasteiger partial charge in [0.2, 0.25) is 5.91 Å². The van der Waals surface area contributed by atoms with Gasteiger partial charge in [0.25, 0.3) is 11.1 Å². The molecular weight excluding hydrogens is 392 g/mol. The second-order valence-electron chi connectivity index (χ2n) is 5.62. The molecule has 1 aliphatic rings. The van der Waals surface area contributed by atoms with Crippen LogP contribution in [0.25, 0.3) is 6.08 Å². The van der Waals surface area contributed by atoms with Crippen LogP contribution in [0.1, 0.15) is 26.3 Å². The number of nitrogens with zero attached hydrogens (tertiary/aromatic N) is 2. The molecule has 0 atom stereocenters. The van der Waals surface area contributed by atoms with Gasteiger partial charge in [-0.25, -0.2) is 0 Å². The van der Waals surface area contributed by atoms with Gasteiger partial charge >= 0.3 is 0 Å². The first kappa shape index (κ1) is 21.1. The van der Waals surface area contributed by atoms with Crippen molar-refractivity contribution in [3.05, 3.63) is 27.6 Å². The standard InChI is InChI=1S/C18H21ClN2O5S/c1-4-20(5-2)15(22)10-21-17(24)14(27-18(21)25)9-11-7-12(19)16(23)13(8-11)26-6-3/h7-9,23H,4-6,10H2,1-3H3/b14-9-. The third-order valence-electron chi connectivity index (χ3n) is 3.93. The highest BCUT2D eigenvalue weighted by molar-refractivity contribution is 8.18. The topological polar surface area (TPSA) is 87.2 Å². The lowest BCUT2D eigenvalue weighted by Crippen LogP contribution is -2.41. The number of carbonyl (C=O) groups is 3. The number of benzene rings is 1. The van der Waals surface area contributed by atoms with Crippen molar-refractivity contribution in [2.24, 2.45) is 0 Å². The Labute approximate surface area is 166 Å². The molecule has 3 amide bonds. The van der Waals surface area contributed by atoms with E-state index >= 15 is 0 Å². The van der Waals surface area contributed by atoms with Crippen molar-refractivity contribution in [3.63, 3.8) is 0 Å². The van der Waals surface area contributed by atoms with Gasteiger partial charge in [-0.05, 0) is 56.3 Å². The smallest absolute Gasteiger partial charge is 0.294 e. The summed E-state index contributed by atoms with van der Waals surface area (Å²) < 4.78 is 5.31. The van der Waals surface area contributed by atoms with Crippen molar-refractivity contribution in [3.8, 4) is 11.5 Å². The average molecular weight is 413 g/mol. The van der Waals surface area contributed by atoms with Gasteiger partial charge in [0.05, 0.1) is 16.5 Å². The lowest BCUT2D eigenvalue weighted by atomic mass is 10.2. The van der Waals surface area contributed by atoms with Gasteiger partial charge in [0, 0.05) is 13.1 Å². The molecule has 2 rings (SSSR count). The van der Waals surface area contributed by atoms with Crippen molar-refractivity contribution in [1.29, 1.82) is 0 Å². The number of halogens is 1. The van der Waals surface area contributed by atoms with E-state index in [-0.39, 0.29) is 33.9 Å². The number of carbonyl (C=O) groups excluding carboxylic acids is 3. The lowest BCUT2D eigenvalue weighted by molar-refractivity contribution is -0.135. The zero-order valence-corrected chi connectivity index (χ0v) is 16.9. The van der Waals surface area contributed by atoms with E-state index in [1.54, 1.807) is 11.8 Å². The Balaban J connectivity index is 2.24. The molecule has 0 saturated carbocycles. The Morgan fingerprint density at radius 3 is 2.56 bits per heavy atom. The van der Waals surface area contributed by atoms with E-state index in [2.05, 4.69) is 0 Å². The fourth-order valence-electron chi connectivity index (χ4n) is 2.54. The summed E-state index contributed by atoms with van der Waals surface area (Å²) in [5.41, 5.74) is 0.502. The van der Waals surface area contributed by atoms with Crippen LogP contribution in [0.4, 0.5) is 4.79 Å². The van der Waals surface area contributed by atoms with E-state index in [4.69, 9.17) is 16.3 Å². The van der Waals surface area contributed by atoms with Gasteiger partial charge in [-0.3, -0.25) is 19.3 Å². The number of hydrogen-bond acceptors (Lipinski definition) is 6. The van der Waals surface area contributed by atoms with Crippen LogP contribution in [0.5, 0.6) is 11.5 Å². The summed E-state index contributed by atoms with van der Waals surface area (Å²) >= 11 is 6.75. The quantitative estimate of drug-likeness (QED) is 0.691. The molecule has 0 aliphatic carbocycles. The summed E-state index contributed by atoms with van der Waals surface area (Å²) in [6.07, 6.45) is 1.49. The van der Waals surface area contributed by atoms with Crippen LogP contribution in [-0.4, -0.2) is 58.2 Å². The number of aromatic hydroxyl groups is 1. The SMILES string of the molecule is CCOc1cc(/C=C2\SC(=O)N(CC(=O)N(CC)CC)C2=O)cc(Cl)c1O. The molecule has 1 aromatic rings. The first-order chi connectivity index (χ1) is 12.8. The summed E-state index contributed by atoms with van der Waals surface area (Å²) in [5, 5.41) is 9.47. The highest BCUT2D eigenvalue weighted by Crippen LogP contribution is 2.38. The van der Waals surface area contributed by atoms with Crippen molar-refractivity contribution in [1.82, 2.24) is 9.80 Å². The lowest BCUT2D eigenvalue weighted by Gasteiger charge is -2.21. The molecule has 0 bridgehead atoms. The fraction of sp³-hybridized carbons (Fsp3) is 0.389. The Morgan fingerprint density at radius 1 is 1.30 bits per heavy atom. The van der Waals surface area contributed by atoms with E-state index in [1.807, 2.05) is 13.8 Å². The van der Waals surface area contributed by atoms with Gasteiger partial charge in [-0.1, -0.05) is 11.6 Å². The molecule has 1 fully saturated rings. The molecule has 0 aromatic heterocycles. The maximum absolute atomic E-state index is 12.5. The van der Waals surface area contributed by atoms with Crippen LogP contribution < -0.4 is 4.74 Å². The van der Waals surface area contributed by atoms with Crippen molar-refractivity contribution in [2.45, 2.75) is 20.8 Å². The molecule has 146 valence electrons. The fourth-order valence-corrected chi connectivity index (χ4v) is 3.60. The van der Waals surface area contributed by atoms with Crippen LogP contribution in [0.2, 0.25) is 5.02 Å². The number of amides is 3. The molecule has 27 heavy (non-hydrogen) atoms. The third-order valence-corrected chi connectivity index (χ3v) is 5.13. The van der Waals surface area contributed by atoms with Gasteiger partial charge in [-0.15, -0.1) is 0 Å². The number of ether oxygens (including phenoxy) is 1. The summed E-state index contributed by atoms with van der Waals surface area (Å²) in [4.78, 5) is 39.6. The first-order valence-electron chi connectivity index (χ1n) is 8.50. The van der Waals surface area contributed by atoms with Gasteiger partial charge < -0.3 is 14.7 Å². The maximum atomic E-state index is 12.5. The number of phenolic OH excluding ortho intramolecular Hbond substituents is 1. The maximum Gasteiger partial charge on any atom is 0.294 e. The molecule has 1 aromatic carbocycles. The predicted octanol–water partition coefficient (Wildman–Crippen LogP) is 3.35. The summed E-state index contributed by atoms with van der Waals surface area (Å²) in [7, 11) is 0. The molecule has 0 spiro atoms. The molecule has 1 heterocycles. The van der Waals surface area contributed by atoms with Crippen molar-refractivity contribution >= 4 is 46.5 Å². The zero-order chi connectivity index (χ0) is 20.1. The molecule has 1 aliphatic heterocycles. The third kappa shape index (κ3) is 4.75. The van der Waals surface area contributed by atoms with E-state index < -0.39 is 11.1 Å². The Kier molecular flexibility index (Phi) is 7.15. The molecule has 0 radical (unpaired) electrons. The highest BCUT2D eigenvalue weighted by Gasteiger charge is 2.37. The first-order valence-corrected chi connectivity index (χ1v) is 9.70. The minimum absolute atomic E-state index is 0.0724. The Hall–Kier alpha value is -2.19. The largest absolute Gasteiger partial charge is 0.503 e. The number of likely N-dealkylation sites (N-methyl/N-ethyl adjacent to an activating group) is 1. The second kappa shape index (κ2) is 9.14. The molecule has 1 N–H and O–H groups in total. The number of phenols is 1. The van der Waals surface area contributed by atoms with Crippen molar-refractivity contribution < 1.29 is 24.2 Å². The normalized spacial score (nSPS) is 15.6. The average Bonchev–Trinajstić information content (AvgIpc) is 2.88. The van der Waals surface area contributed by atoms with Crippen LogP contribution in [0, 0.1) is 0 Å².